The Balaban J connectivity index is 2.22. The Morgan fingerprint density at radius 3 is 2.35 bits per heavy atom. The van der Waals surface area contributed by atoms with Crippen molar-refractivity contribution in [1.82, 2.24) is 0 Å². The zero-order valence-corrected chi connectivity index (χ0v) is 11.0. The Kier molecular flexibility index (Phi) is 3.82. The minimum atomic E-state index is -3.83. The fourth-order valence-electron chi connectivity index (χ4n) is 1.56. The summed E-state index contributed by atoms with van der Waals surface area (Å²) in [6.07, 6.45) is 0. The van der Waals surface area contributed by atoms with Crippen LogP contribution in [0.15, 0.2) is 53.4 Å². The van der Waals surface area contributed by atoms with Gasteiger partial charge in [-0.1, -0.05) is 6.07 Å². The lowest BCUT2D eigenvalue weighted by Crippen LogP contribution is -2.14. The van der Waals surface area contributed by atoms with Crippen LogP contribution in [0.1, 0.15) is 10.4 Å². The van der Waals surface area contributed by atoms with Gasteiger partial charge in [-0.2, -0.15) is 0 Å². The molecule has 3 N–H and O–H groups in total. The summed E-state index contributed by atoms with van der Waals surface area (Å²) in [6, 6.07) is 10.5. The van der Waals surface area contributed by atoms with Crippen LogP contribution >= 0.6 is 0 Å². The maximum Gasteiger partial charge on any atom is 0.255 e. The maximum atomic E-state index is 12.7. The van der Waals surface area contributed by atoms with Crippen LogP contribution in [0.2, 0.25) is 0 Å². The van der Waals surface area contributed by atoms with Crippen molar-refractivity contribution in [3.63, 3.8) is 0 Å². The lowest BCUT2D eigenvalue weighted by atomic mass is 10.2. The lowest BCUT2D eigenvalue weighted by molar-refractivity contribution is 0.102. The maximum absolute atomic E-state index is 12.7. The molecule has 5 nitrogen and oxygen atoms in total. The number of rotatable bonds is 3. The number of carbonyl (C=O) groups excluding carboxylic acids is 1. The van der Waals surface area contributed by atoms with Gasteiger partial charge >= 0.3 is 0 Å². The minimum Gasteiger partial charge on any atom is -0.322 e. The lowest BCUT2D eigenvalue weighted by Gasteiger charge is -2.06. The molecule has 0 aliphatic carbocycles. The minimum absolute atomic E-state index is 0.102. The number of benzene rings is 2. The van der Waals surface area contributed by atoms with Crippen molar-refractivity contribution in [2.45, 2.75) is 4.90 Å². The van der Waals surface area contributed by atoms with Gasteiger partial charge in [-0.25, -0.2) is 17.9 Å². The predicted octanol–water partition coefficient (Wildman–Crippen LogP) is 1.73. The van der Waals surface area contributed by atoms with Gasteiger partial charge in [-0.05, 0) is 42.5 Å². The molecular formula is C13H11FN2O3S. The smallest absolute Gasteiger partial charge is 0.255 e. The average molecular weight is 294 g/mol. The standard InChI is InChI=1S/C13H11FN2O3S/c14-10-6-4-9(5-7-10)13(17)16-11-2-1-3-12(8-11)20(15,18)19/h1-8H,(H,16,17)(H2,15,18,19). The summed E-state index contributed by atoms with van der Waals surface area (Å²) in [7, 11) is -3.83. The Morgan fingerprint density at radius 1 is 1.10 bits per heavy atom. The van der Waals surface area contributed by atoms with Crippen LogP contribution in [0, 0.1) is 5.82 Å². The zero-order valence-electron chi connectivity index (χ0n) is 10.2. The number of nitrogens with two attached hydrogens (primary N) is 1. The van der Waals surface area contributed by atoms with Gasteiger partial charge in [0, 0.05) is 11.3 Å². The molecule has 0 aliphatic rings. The van der Waals surface area contributed by atoms with Crippen LogP contribution in [0.5, 0.6) is 0 Å². The Labute approximate surface area is 115 Å². The molecule has 0 heterocycles. The van der Waals surface area contributed by atoms with Crippen molar-refractivity contribution in [2.24, 2.45) is 5.14 Å². The van der Waals surface area contributed by atoms with Crippen molar-refractivity contribution in [3.05, 3.63) is 59.9 Å². The number of nitrogens with one attached hydrogen (secondary N) is 1. The van der Waals surface area contributed by atoms with Gasteiger partial charge in [0.25, 0.3) is 5.91 Å². The summed E-state index contributed by atoms with van der Waals surface area (Å²) in [6.45, 7) is 0. The van der Waals surface area contributed by atoms with Crippen LogP contribution in [-0.2, 0) is 10.0 Å². The second-order valence-electron chi connectivity index (χ2n) is 4.03. The monoisotopic (exact) mass is 294 g/mol. The first-order chi connectivity index (χ1) is 9.36. The zero-order chi connectivity index (χ0) is 14.8. The summed E-state index contributed by atoms with van der Waals surface area (Å²) in [5.74, 6) is -0.922. The fourth-order valence-corrected chi connectivity index (χ4v) is 2.11. The van der Waals surface area contributed by atoms with Gasteiger partial charge in [0.1, 0.15) is 5.82 Å². The number of hydrogen-bond donors (Lipinski definition) is 2. The molecule has 0 aromatic heterocycles. The van der Waals surface area contributed by atoms with E-state index in [-0.39, 0.29) is 16.1 Å². The van der Waals surface area contributed by atoms with Gasteiger partial charge in [0.15, 0.2) is 0 Å². The summed E-state index contributed by atoms with van der Waals surface area (Å²) < 4.78 is 35.2. The molecular weight excluding hydrogens is 283 g/mol. The number of amides is 1. The molecule has 20 heavy (non-hydrogen) atoms. The number of hydrogen-bond acceptors (Lipinski definition) is 3. The number of carbonyl (C=O) groups is 1. The summed E-state index contributed by atoms with van der Waals surface area (Å²) in [5.41, 5.74) is 0.540. The summed E-state index contributed by atoms with van der Waals surface area (Å²) >= 11 is 0. The first-order valence-electron chi connectivity index (χ1n) is 5.56. The van der Waals surface area contributed by atoms with E-state index in [1.807, 2.05) is 0 Å². The third-order valence-corrected chi connectivity index (χ3v) is 3.44. The molecule has 0 atom stereocenters. The van der Waals surface area contributed by atoms with Crippen molar-refractivity contribution in [1.29, 1.82) is 0 Å². The summed E-state index contributed by atoms with van der Waals surface area (Å²) in [5, 5.41) is 7.51. The quantitative estimate of drug-likeness (QED) is 0.903. The molecule has 0 bridgehead atoms. The van der Waals surface area contributed by atoms with E-state index in [0.29, 0.717) is 0 Å². The van der Waals surface area contributed by atoms with E-state index in [9.17, 15) is 17.6 Å². The molecule has 2 aromatic carbocycles. The van der Waals surface area contributed by atoms with E-state index < -0.39 is 21.7 Å². The van der Waals surface area contributed by atoms with Gasteiger partial charge in [0.05, 0.1) is 4.90 Å². The molecule has 0 spiro atoms. The first kappa shape index (κ1) is 14.2. The molecule has 2 rings (SSSR count). The van der Waals surface area contributed by atoms with Crippen LogP contribution in [0.3, 0.4) is 0 Å². The van der Waals surface area contributed by atoms with E-state index in [1.54, 1.807) is 0 Å². The molecule has 0 unspecified atom stereocenters. The van der Waals surface area contributed by atoms with Gasteiger partial charge in [-0.15, -0.1) is 0 Å². The van der Waals surface area contributed by atoms with E-state index in [0.717, 1.165) is 12.1 Å². The van der Waals surface area contributed by atoms with E-state index >= 15 is 0 Å². The van der Waals surface area contributed by atoms with Crippen molar-refractivity contribution < 1.29 is 17.6 Å². The largest absolute Gasteiger partial charge is 0.322 e. The van der Waals surface area contributed by atoms with E-state index in [1.165, 1.54) is 36.4 Å². The van der Waals surface area contributed by atoms with Gasteiger partial charge < -0.3 is 5.32 Å². The third kappa shape index (κ3) is 3.40. The van der Waals surface area contributed by atoms with Crippen LogP contribution in [0.4, 0.5) is 10.1 Å². The van der Waals surface area contributed by atoms with Crippen molar-refractivity contribution in [3.8, 4) is 0 Å². The normalized spacial score (nSPS) is 11.1. The van der Waals surface area contributed by atoms with Gasteiger partial charge in [-0.3, -0.25) is 4.79 Å². The number of anilines is 1. The average Bonchev–Trinajstić information content (AvgIpc) is 2.38. The van der Waals surface area contributed by atoms with Crippen LogP contribution < -0.4 is 10.5 Å². The fraction of sp³-hybridized carbons (Fsp3) is 0. The molecule has 0 saturated heterocycles. The first-order valence-corrected chi connectivity index (χ1v) is 7.11. The predicted molar refractivity (Wildman–Crippen MR) is 72.2 cm³/mol. The molecule has 0 saturated carbocycles. The van der Waals surface area contributed by atoms with Crippen LogP contribution in [0.25, 0.3) is 0 Å². The highest BCUT2D eigenvalue weighted by Gasteiger charge is 2.10. The topological polar surface area (TPSA) is 89.3 Å². The molecule has 104 valence electrons. The van der Waals surface area contributed by atoms with Crippen LogP contribution in [-0.4, -0.2) is 14.3 Å². The molecule has 7 heteroatoms. The number of halogens is 1. The second-order valence-corrected chi connectivity index (χ2v) is 5.60. The van der Waals surface area contributed by atoms with Crippen molar-refractivity contribution >= 4 is 21.6 Å². The highest BCUT2D eigenvalue weighted by atomic mass is 32.2. The molecule has 2 aromatic rings. The SMILES string of the molecule is NS(=O)(=O)c1cccc(NC(=O)c2ccc(F)cc2)c1. The Morgan fingerprint density at radius 2 is 1.75 bits per heavy atom. The Bertz CT molecular complexity index is 742. The number of primary sulfonamides is 1. The van der Waals surface area contributed by atoms with E-state index in [2.05, 4.69) is 5.32 Å². The van der Waals surface area contributed by atoms with Gasteiger partial charge in [0.2, 0.25) is 10.0 Å². The number of sulfonamides is 1. The summed E-state index contributed by atoms with van der Waals surface area (Å²) in [4.78, 5) is 11.8. The highest BCUT2D eigenvalue weighted by Crippen LogP contribution is 2.15. The molecule has 0 aliphatic heterocycles. The highest BCUT2D eigenvalue weighted by molar-refractivity contribution is 7.89. The van der Waals surface area contributed by atoms with E-state index in [4.69, 9.17) is 5.14 Å². The molecule has 0 radical (unpaired) electrons. The molecule has 0 fully saturated rings. The second kappa shape index (κ2) is 5.40. The molecule has 1 amide bonds. The third-order valence-electron chi connectivity index (χ3n) is 2.53. The van der Waals surface area contributed by atoms with Crippen molar-refractivity contribution in [2.75, 3.05) is 5.32 Å². The Hall–Kier alpha value is -2.25.